The Morgan fingerprint density at radius 1 is 1.12 bits per heavy atom. The van der Waals surface area contributed by atoms with E-state index in [9.17, 15) is 14.4 Å². The molecule has 0 aliphatic carbocycles. The van der Waals surface area contributed by atoms with Gasteiger partial charge in [0.2, 0.25) is 11.0 Å². The Labute approximate surface area is 198 Å². The number of nitrogens with zero attached hydrogens (tertiary/aromatic N) is 4. The number of nitrogens with one attached hydrogen (secondary N) is 1. The Morgan fingerprint density at radius 3 is 2.55 bits per heavy atom. The molecule has 2 aromatic carbocycles. The molecule has 0 spiro atoms. The van der Waals surface area contributed by atoms with Crippen molar-refractivity contribution in [1.29, 1.82) is 5.26 Å². The SMILES string of the molecule is CCc1nnc(NC(=O)CSc2nc(-c3ccccc3)cc(-c3ccc(F)cc3)c2C#N)s1. The van der Waals surface area contributed by atoms with E-state index in [2.05, 4.69) is 26.6 Å². The van der Waals surface area contributed by atoms with Crippen molar-refractivity contribution in [1.82, 2.24) is 15.2 Å². The van der Waals surface area contributed by atoms with E-state index in [4.69, 9.17) is 0 Å². The maximum absolute atomic E-state index is 13.5. The summed E-state index contributed by atoms with van der Waals surface area (Å²) in [5.74, 6) is -0.578. The number of hydrogen-bond acceptors (Lipinski definition) is 7. The van der Waals surface area contributed by atoms with Gasteiger partial charge in [-0.05, 0) is 30.2 Å². The molecular formula is C24H18FN5OS2. The quantitative estimate of drug-likeness (QED) is 0.351. The summed E-state index contributed by atoms with van der Waals surface area (Å²) in [6.45, 7) is 1.97. The van der Waals surface area contributed by atoms with Crippen molar-refractivity contribution < 1.29 is 9.18 Å². The average molecular weight is 476 g/mol. The van der Waals surface area contributed by atoms with Crippen LogP contribution in [-0.4, -0.2) is 26.8 Å². The Balaban J connectivity index is 1.66. The van der Waals surface area contributed by atoms with Crippen LogP contribution in [0.3, 0.4) is 0 Å². The average Bonchev–Trinajstić information content (AvgIpc) is 3.30. The van der Waals surface area contributed by atoms with Crippen LogP contribution >= 0.6 is 23.1 Å². The van der Waals surface area contributed by atoms with E-state index in [0.29, 0.717) is 32.5 Å². The van der Waals surface area contributed by atoms with Crippen molar-refractivity contribution in [2.75, 3.05) is 11.1 Å². The van der Waals surface area contributed by atoms with Gasteiger partial charge in [0.1, 0.15) is 21.9 Å². The van der Waals surface area contributed by atoms with Crippen LogP contribution < -0.4 is 5.32 Å². The second-order valence-electron chi connectivity index (χ2n) is 6.91. The van der Waals surface area contributed by atoms with E-state index in [-0.39, 0.29) is 17.5 Å². The predicted molar refractivity (Wildman–Crippen MR) is 128 cm³/mol. The first-order chi connectivity index (χ1) is 16.1. The van der Waals surface area contributed by atoms with Crippen molar-refractivity contribution in [2.45, 2.75) is 18.4 Å². The number of aryl methyl sites for hydroxylation is 1. The van der Waals surface area contributed by atoms with Crippen LogP contribution in [0.1, 0.15) is 17.5 Å². The van der Waals surface area contributed by atoms with Crippen LogP contribution in [0.5, 0.6) is 0 Å². The van der Waals surface area contributed by atoms with Gasteiger partial charge in [0, 0.05) is 11.1 Å². The van der Waals surface area contributed by atoms with Gasteiger partial charge in [-0.1, -0.05) is 72.5 Å². The van der Waals surface area contributed by atoms with Crippen LogP contribution in [0.4, 0.5) is 9.52 Å². The number of carbonyl (C=O) groups excluding carboxylic acids is 1. The molecule has 0 radical (unpaired) electrons. The Kier molecular flexibility index (Phi) is 7.07. The molecule has 9 heteroatoms. The number of hydrogen-bond donors (Lipinski definition) is 1. The van der Waals surface area contributed by atoms with Crippen molar-refractivity contribution in [2.24, 2.45) is 0 Å². The summed E-state index contributed by atoms with van der Waals surface area (Å²) in [6.07, 6.45) is 0.746. The lowest BCUT2D eigenvalue weighted by molar-refractivity contribution is -0.113. The minimum atomic E-state index is -0.358. The molecule has 6 nitrogen and oxygen atoms in total. The maximum atomic E-state index is 13.5. The number of pyridine rings is 1. The third-order valence-electron chi connectivity index (χ3n) is 4.68. The van der Waals surface area contributed by atoms with E-state index < -0.39 is 0 Å². The molecule has 4 rings (SSSR count). The molecule has 0 fully saturated rings. The lowest BCUT2D eigenvalue weighted by Gasteiger charge is -2.12. The molecule has 164 valence electrons. The van der Waals surface area contributed by atoms with Crippen molar-refractivity contribution in [3.05, 3.63) is 77.1 Å². The van der Waals surface area contributed by atoms with Gasteiger partial charge in [-0.25, -0.2) is 9.37 Å². The summed E-state index contributed by atoms with van der Waals surface area (Å²) in [4.78, 5) is 17.2. The van der Waals surface area contributed by atoms with Gasteiger partial charge in [0.25, 0.3) is 0 Å². The molecule has 0 bridgehead atoms. The highest BCUT2D eigenvalue weighted by Crippen LogP contribution is 2.34. The second-order valence-corrected chi connectivity index (χ2v) is 8.94. The fraction of sp³-hybridized carbons (Fsp3) is 0.125. The fourth-order valence-corrected chi connectivity index (χ4v) is 4.58. The highest BCUT2D eigenvalue weighted by molar-refractivity contribution is 8.00. The van der Waals surface area contributed by atoms with E-state index in [1.807, 2.05) is 43.3 Å². The molecule has 2 heterocycles. The highest BCUT2D eigenvalue weighted by Gasteiger charge is 2.17. The van der Waals surface area contributed by atoms with Gasteiger partial charge < -0.3 is 0 Å². The van der Waals surface area contributed by atoms with E-state index in [1.54, 1.807) is 12.1 Å². The summed E-state index contributed by atoms with van der Waals surface area (Å²) >= 11 is 2.50. The minimum Gasteiger partial charge on any atom is -0.300 e. The van der Waals surface area contributed by atoms with Crippen molar-refractivity contribution in [3.63, 3.8) is 0 Å². The number of aromatic nitrogens is 3. The number of halogens is 1. The number of anilines is 1. The molecule has 1 amide bonds. The third kappa shape index (κ3) is 5.42. The zero-order valence-corrected chi connectivity index (χ0v) is 19.2. The molecule has 1 N–H and O–H groups in total. The van der Waals surface area contributed by atoms with Gasteiger partial charge in [0.05, 0.1) is 17.0 Å². The Morgan fingerprint density at radius 2 is 1.88 bits per heavy atom. The molecule has 0 saturated heterocycles. The van der Waals surface area contributed by atoms with Gasteiger partial charge in [-0.15, -0.1) is 10.2 Å². The summed E-state index contributed by atoms with van der Waals surface area (Å²) in [6, 6.07) is 19.5. The first-order valence-electron chi connectivity index (χ1n) is 10.1. The van der Waals surface area contributed by atoms with Crippen LogP contribution in [0.25, 0.3) is 22.4 Å². The summed E-state index contributed by atoms with van der Waals surface area (Å²) in [5.41, 5.74) is 3.19. The van der Waals surface area contributed by atoms with E-state index >= 15 is 0 Å². The number of rotatable bonds is 7. The molecule has 0 atom stereocenters. The summed E-state index contributed by atoms with van der Waals surface area (Å²) < 4.78 is 13.5. The van der Waals surface area contributed by atoms with Crippen LogP contribution in [-0.2, 0) is 11.2 Å². The second kappa shape index (κ2) is 10.3. The molecule has 2 aromatic heterocycles. The molecule has 0 aliphatic heterocycles. The Hall–Kier alpha value is -3.61. The first-order valence-corrected chi connectivity index (χ1v) is 11.9. The first kappa shape index (κ1) is 22.6. The zero-order chi connectivity index (χ0) is 23.2. The largest absolute Gasteiger partial charge is 0.300 e. The molecular weight excluding hydrogens is 457 g/mol. The van der Waals surface area contributed by atoms with Crippen molar-refractivity contribution >= 4 is 34.1 Å². The van der Waals surface area contributed by atoms with Crippen LogP contribution in [0.15, 0.2) is 65.7 Å². The highest BCUT2D eigenvalue weighted by atomic mass is 32.2. The topological polar surface area (TPSA) is 91.6 Å². The van der Waals surface area contributed by atoms with Crippen LogP contribution in [0, 0.1) is 17.1 Å². The maximum Gasteiger partial charge on any atom is 0.236 e. The van der Waals surface area contributed by atoms with Gasteiger partial charge >= 0.3 is 0 Å². The fourth-order valence-electron chi connectivity index (χ4n) is 3.08. The summed E-state index contributed by atoms with van der Waals surface area (Å²) in [5, 5.41) is 22.3. The number of nitriles is 1. The van der Waals surface area contributed by atoms with Gasteiger partial charge in [-0.3, -0.25) is 10.1 Å². The molecule has 4 aromatic rings. The molecule has 0 aliphatic rings. The lowest BCUT2D eigenvalue weighted by Crippen LogP contribution is -2.14. The zero-order valence-electron chi connectivity index (χ0n) is 17.6. The molecule has 33 heavy (non-hydrogen) atoms. The van der Waals surface area contributed by atoms with E-state index in [1.165, 1.54) is 35.2 Å². The smallest absolute Gasteiger partial charge is 0.236 e. The number of carbonyl (C=O) groups is 1. The normalized spacial score (nSPS) is 10.6. The molecule has 0 unspecified atom stereocenters. The third-order valence-corrected chi connectivity index (χ3v) is 6.64. The minimum absolute atomic E-state index is 0.0455. The summed E-state index contributed by atoms with van der Waals surface area (Å²) in [7, 11) is 0. The van der Waals surface area contributed by atoms with Crippen molar-refractivity contribution in [3.8, 4) is 28.5 Å². The number of amides is 1. The standard InChI is InChI=1S/C24H18FN5OS2/c1-2-22-29-30-24(33-22)28-21(31)14-32-23-19(13-26)18(15-8-10-17(25)11-9-15)12-20(27-23)16-6-4-3-5-7-16/h3-12H,2,14H2,1H3,(H,28,30,31). The number of thioether (sulfide) groups is 1. The molecule has 0 saturated carbocycles. The number of benzene rings is 2. The van der Waals surface area contributed by atoms with E-state index in [0.717, 1.165) is 17.0 Å². The van der Waals surface area contributed by atoms with Gasteiger partial charge in [0.15, 0.2) is 0 Å². The van der Waals surface area contributed by atoms with Crippen LogP contribution in [0.2, 0.25) is 0 Å². The monoisotopic (exact) mass is 475 g/mol. The van der Waals surface area contributed by atoms with Gasteiger partial charge in [-0.2, -0.15) is 5.26 Å². The predicted octanol–water partition coefficient (Wildman–Crippen LogP) is 5.57. The lowest BCUT2D eigenvalue weighted by atomic mass is 9.99. The Bertz CT molecular complexity index is 1320.